The molecule has 1 fully saturated rings. The van der Waals surface area contributed by atoms with Crippen LogP contribution in [0.5, 0.6) is 0 Å². The van der Waals surface area contributed by atoms with Crippen LogP contribution in [-0.4, -0.2) is 40.9 Å². The van der Waals surface area contributed by atoms with E-state index in [0.29, 0.717) is 6.10 Å². The number of H-pyrrole nitrogens is 1. The monoisotopic (exact) mass is 181 g/mol. The van der Waals surface area contributed by atoms with E-state index in [0.717, 1.165) is 26.2 Å². The van der Waals surface area contributed by atoms with Crippen LogP contribution in [0.25, 0.3) is 0 Å². The first-order valence-corrected chi connectivity index (χ1v) is 4.66. The van der Waals surface area contributed by atoms with Crippen LogP contribution < -0.4 is 0 Å². The lowest BCUT2D eigenvalue weighted by Crippen LogP contribution is -2.40. The molecule has 1 N–H and O–H groups in total. The molecule has 1 unspecified atom stereocenters. The number of ether oxygens (including phenoxy) is 1. The van der Waals surface area contributed by atoms with Gasteiger partial charge >= 0.3 is 0 Å². The van der Waals surface area contributed by atoms with Crippen molar-refractivity contribution in [3.8, 4) is 0 Å². The molecule has 0 bridgehead atoms. The van der Waals surface area contributed by atoms with E-state index in [4.69, 9.17) is 4.74 Å². The summed E-state index contributed by atoms with van der Waals surface area (Å²) in [5.74, 6) is 0. The number of nitrogens with zero attached hydrogens (tertiary/aromatic N) is 2. The average molecular weight is 181 g/mol. The molecule has 2 rings (SSSR count). The van der Waals surface area contributed by atoms with E-state index < -0.39 is 0 Å². The first-order valence-electron chi connectivity index (χ1n) is 4.66. The van der Waals surface area contributed by atoms with E-state index in [2.05, 4.69) is 22.0 Å². The summed E-state index contributed by atoms with van der Waals surface area (Å²) < 4.78 is 5.46. The summed E-state index contributed by atoms with van der Waals surface area (Å²) in [5.41, 5.74) is 1.24. The number of hydrogen-bond acceptors (Lipinski definition) is 3. The Morgan fingerprint density at radius 2 is 2.69 bits per heavy atom. The molecule has 2 heterocycles. The molecular weight excluding hydrogens is 166 g/mol. The zero-order valence-electron chi connectivity index (χ0n) is 7.86. The smallest absolute Gasteiger partial charge is 0.0674 e. The van der Waals surface area contributed by atoms with Gasteiger partial charge in [-0.2, -0.15) is 5.10 Å². The van der Waals surface area contributed by atoms with Gasteiger partial charge in [0.15, 0.2) is 0 Å². The Morgan fingerprint density at radius 1 is 1.77 bits per heavy atom. The number of aromatic nitrogens is 2. The van der Waals surface area contributed by atoms with E-state index in [1.807, 2.05) is 12.4 Å². The molecule has 1 aromatic heterocycles. The van der Waals surface area contributed by atoms with Gasteiger partial charge in [0, 0.05) is 31.4 Å². The van der Waals surface area contributed by atoms with Crippen LogP contribution in [0.15, 0.2) is 12.4 Å². The van der Waals surface area contributed by atoms with Gasteiger partial charge < -0.3 is 4.74 Å². The van der Waals surface area contributed by atoms with Crippen molar-refractivity contribution in [1.29, 1.82) is 0 Å². The molecule has 1 atom stereocenters. The van der Waals surface area contributed by atoms with Crippen molar-refractivity contribution in [2.24, 2.45) is 0 Å². The van der Waals surface area contributed by atoms with Crippen molar-refractivity contribution in [2.75, 3.05) is 19.7 Å². The fraction of sp³-hybridized carbons (Fsp3) is 0.667. The number of morpholine rings is 1. The standard InChI is InChI=1S/C9H15N3O/c1-8-6-12(2-3-13-8)7-9-4-10-11-5-9/h4-5,8H,2-3,6-7H2,1H3,(H,10,11). The predicted molar refractivity (Wildman–Crippen MR) is 49.3 cm³/mol. The molecule has 72 valence electrons. The third-order valence-electron chi connectivity index (χ3n) is 2.29. The highest BCUT2D eigenvalue weighted by molar-refractivity contribution is 5.02. The van der Waals surface area contributed by atoms with Gasteiger partial charge in [-0.15, -0.1) is 0 Å². The summed E-state index contributed by atoms with van der Waals surface area (Å²) in [6, 6.07) is 0. The topological polar surface area (TPSA) is 41.2 Å². The molecule has 0 amide bonds. The van der Waals surface area contributed by atoms with Gasteiger partial charge in [-0.3, -0.25) is 10.00 Å². The van der Waals surface area contributed by atoms with E-state index in [-0.39, 0.29) is 0 Å². The molecule has 0 aliphatic carbocycles. The molecule has 0 aromatic carbocycles. The summed E-state index contributed by atoms with van der Waals surface area (Å²) in [5, 5.41) is 6.75. The highest BCUT2D eigenvalue weighted by Gasteiger charge is 2.16. The number of hydrogen-bond donors (Lipinski definition) is 1. The number of rotatable bonds is 2. The predicted octanol–water partition coefficient (Wildman–Crippen LogP) is 0.630. The number of nitrogens with one attached hydrogen (secondary N) is 1. The second-order valence-electron chi connectivity index (χ2n) is 3.52. The normalized spacial score (nSPS) is 24.8. The molecule has 1 aliphatic heterocycles. The van der Waals surface area contributed by atoms with Crippen LogP contribution in [0.3, 0.4) is 0 Å². The van der Waals surface area contributed by atoms with Crippen LogP contribution in [0, 0.1) is 0 Å². The molecule has 4 nitrogen and oxygen atoms in total. The van der Waals surface area contributed by atoms with E-state index in [1.165, 1.54) is 5.56 Å². The Bertz CT molecular complexity index is 247. The van der Waals surface area contributed by atoms with E-state index in [1.54, 1.807) is 0 Å². The van der Waals surface area contributed by atoms with Gasteiger partial charge in [0.05, 0.1) is 18.9 Å². The van der Waals surface area contributed by atoms with Gasteiger partial charge in [0.1, 0.15) is 0 Å². The minimum atomic E-state index is 0.362. The molecular formula is C9H15N3O. The molecule has 1 saturated heterocycles. The fourth-order valence-corrected chi connectivity index (χ4v) is 1.66. The van der Waals surface area contributed by atoms with Gasteiger partial charge in [0.2, 0.25) is 0 Å². The average Bonchev–Trinajstić information content (AvgIpc) is 2.57. The Kier molecular flexibility index (Phi) is 2.61. The lowest BCUT2D eigenvalue weighted by atomic mass is 10.2. The summed E-state index contributed by atoms with van der Waals surface area (Å²) in [4.78, 5) is 2.39. The van der Waals surface area contributed by atoms with Crippen molar-refractivity contribution < 1.29 is 4.74 Å². The van der Waals surface area contributed by atoms with Gasteiger partial charge in [-0.1, -0.05) is 0 Å². The summed E-state index contributed by atoms with van der Waals surface area (Å²) in [6.45, 7) is 5.98. The zero-order chi connectivity index (χ0) is 9.10. The fourth-order valence-electron chi connectivity index (χ4n) is 1.66. The summed E-state index contributed by atoms with van der Waals surface area (Å²) >= 11 is 0. The Morgan fingerprint density at radius 3 is 3.38 bits per heavy atom. The maximum atomic E-state index is 5.46. The highest BCUT2D eigenvalue weighted by Crippen LogP contribution is 2.08. The zero-order valence-corrected chi connectivity index (χ0v) is 7.86. The molecule has 13 heavy (non-hydrogen) atoms. The summed E-state index contributed by atoms with van der Waals surface area (Å²) in [7, 11) is 0. The lowest BCUT2D eigenvalue weighted by molar-refractivity contribution is -0.0212. The second-order valence-corrected chi connectivity index (χ2v) is 3.52. The molecule has 0 saturated carbocycles. The summed E-state index contributed by atoms with van der Waals surface area (Å²) in [6.07, 6.45) is 4.18. The van der Waals surface area contributed by atoms with Gasteiger partial charge in [0.25, 0.3) is 0 Å². The molecule has 0 radical (unpaired) electrons. The molecule has 4 heteroatoms. The Labute approximate surface area is 77.9 Å². The maximum Gasteiger partial charge on any atom is 0.0674 e. The molecule has 1 aliphatic rings. The van der Waals surface area contributed by atoms with Crippen molar-refractivity contribution in [3.05, 3.63) is 18.0 Å². The minimum absolute atomic E-state index is 0.362. The maximum absolute atomic E-state index is 5.46. The second kappa shape index (κ2) is 3.89. The van der Waals surface area contributed by atoms with Gasteiger partial charge in [-0.05, 0) is 6.92 Å². The molecule has 1 aromatic rings. The van der Waals surface area contributed by atoms with Crippen LogP contribution in [-0.2, 0) is 11.3 Å². The van der Waals surface area contributed by atoms with Crippen LogP contribution in [0.1, 0.15) is 12.5 Å². The SMILES string of the molecule is CC1CN(Cc2cn[nH]c2)CCO1. The van der Waals surface area contributed by atoms with Crippen LogP contribution >= 0.6 is 0 Å². The highest BCUT2D eigenvalue weighted by atomic mass is 16.5. The third-order valence-corrected chi connectivity index (χ3v) is 2.29. The number of aromatic amines is 1. The molecule has 0 spiro atoms. The quantitative estimate of drug-likeness (QED) is 0.727. The Balaban J connectivity index is 1.87. The Hall–Kier alpha value is -0.870. The van der Waals surface area contributed by atoms with Crippen molar-refractivity contribution >= 4 is 0 Å². The van der Waals surface area contributed by atoms with E-state index in [9.17, 15) is 0 Å². The van der Waals surface area contributed by atoms with Crippen molar-refractivity contribution in [2.45, 2.75) is 19.6 Å². The minimum Gasteiger partial charge on any atom is -0.376 e. The van der Waals surface area contributed by atoms with Crippen LogP contribution in [0.2, 0.25) is 0 Å². The van der Waals surface area contributed by atoms with Crippen molar-refractivity contribution in [3.63, 3.8) is 0 Å². The van der Waals surface area contributed by atoms with E-state index >= 15 is 0 Å². The first kappa shape index (κ1) is 8.72. The lowest BCUT2D eigenvalue weighted by Gasteiger charge is -2.30. The van der Waals surface area contributed by atoms with Crippen LogP contribution in [0.4, 0.5) is 0 Å². The first-order chi connectivity index (χ1) is 6.34. The third kappa shape index (κ3) is 2.29. The largest absolute Gasteiger partial charge is 0.376 e. The van der Waals surface area contributed by atoms with Crippen molar-refractivity contribution in [1.82, 2.24) is 15.1 Å². The van der Waals surface area contributed by atoms with Gasteiger partial charge in [-0.25, -0.2) is 0 Å².